The summed E-state index contributed by atoms with van der Waals surface area (Å²) in [5.41, 5.74) is 2.08. The van der Waals surface area contributed by atoms with Gasteiger partial charge in [-0.3, -0.25) is 4.68 Å². The van der Waals surface area contributed by atoms with Crippen LogP contribution in [-0.4, -0.2) is 34.6 Å². The summed E-state index contributed by atoms with van der Waals surface area (Å²) in [4.78, 5) is 24.2. The quantitative estimate of drug-likeness (QED) is 0.536. The van der Waals surface area contributed by atoms with Gasteiger partial charge in [0.1, 0.15) is 18.0 Å². The molecule has 0 aliphatic rings. The third kappa shape index (κ3) is 6.58. The zero-order valence-electron chi connectivity index (χ0n) is 19.5. The van der Waals surface area contributed by atoms with Crippen LogP contribution in [0.4, 0.5) is 4.79 Å². The second-order valence-electron chi connectivity index (χ2n) is 8.49. The van der Waals surface area contributed by atoms with Crippen molar-refractivity contribution in [1.82, 2.24) is 15.1 Å². The van der Waals surface area contributed by atoms with E-state index in [2.05, 4.69) is 10.4 Å². The fraction of sp³-hybridized carbons (Fsp3) is 0.320. The average molecular weight is 452 g/mol. The van der Waals surface area contributed by atoms with Crippen molar-refractivity contribution in [3.63, 3.8) is 0 Å². The van der Waals surface area contributed by atoms with Crippen LogP contribution in [0.25, 0.3) is 0 Å². The molecule has 8 heteroatoms. The fourth-order valence-electron chi connectivity index (χ4n) is 3.22. The lowest BCUT2D eigenvalue weighted by Crippen LogP contribution is -2.35. The number of carbonyl (C=O) groups excluding carboxylic acids is 2. The summed E-state index contributed by atoms with van der Waals surface area (Å²) in [6.07, 6.45) is -0.507. The molecule has 1 atom stereocenters. The molecule has 0 saturated carbocycles. The molecule has 0 aliphatic carbocycles. The van der Waals surface area contributed by atoms with E-state index in [0.29, 0.717) is 11.4 Å². The molecule has 0 aliphatic heterocycles. The van der Waals surface area contributed by atoms with E-state index in [-0.39, 0.29) is 12.3 Å². The number of benzene rings is 2. The highest BCUT2D eigenvalue weighted by Crippen LogP contribution is 2.26. The Morgan fingerprint density at radius 1 is 1.03 bits per heavy atom. The standard InChI is InChI=1S/C25H29N3O5/c1-25(2,3)33-24(30)26-22(17-10-7-6-8-11-17)18-12-9-13-20(14-18)32-16-19-15-21(23(29)31-5)27-28(19)4/h6-15,22H,16H2,1-5H3,(H,26,30)/t22-/m0/s1. The maximum atomic E-state index is 12.5. The first-order valence-electron chi connectivity index (χ1n) is 10.5. The minimum absolute atomic E-state index is 0.208. The first-order valence-corrected chi connectivity index (χ1v) is 10.5. The van der Waals surface area contributed by atoms with E-state index in [4.69, 9.17) is 14.2 Å². The molecule has 1 aromatic heterocycles. The maximum absolute atomic E-state index is 12.5. The molecule has 1 amide bonds. The third-order valence-corrected chi connectivity index (χ3v) is 4.74. The van der Waals surface area contributed by atoms with Crippen LogP contribution in [0.2, 0.25) is 0 Å². The van der Waals surface area contributed by atoms with Gasteiger partial charge in [-0.25, -0.2) is 9.59 Å². The number of rotatable bonds is 7. The number of hydrogen-bond donors (Lipinski definition) is 1. The molecule has 2 aromatic carbocycles. The van der Waals surface area contributed by atoms with Crippen LogP contribution in [0.5, 0.6) is 5.75 Å². The van der Waals surface area contributed by atoms with Crippen molar-refractivity contribution in [2.45, 2.75) is 39.0 Å². The molecular formula is C25H29N3O5. The average Bonchev–Trinajstić information content (AvgIpc) is 3.15. The highest BCUT2D eigenvalue weighted by molar-refractivity contribution is 5.87. The Labute approximate surface area is 193 Å². The van der Waals surface area contributed by atoms with Gasteiger partial charge in [0.05, 0.1) is 18.8 Å². The fourth-order valence-corrected chi connectivity index (χ4v) is 3.22. The van der Waals surface area contributed by atoms with Gasteiger partial charge in [-0.2, -0.15) is 5.10 Å². The Morgan fingerprint density at radius 3 is 2.39 bits per heavy atom. The SMILES string of the molecule is COC(=O)c1cc(COc2cccc([C@@H](NC(=O)OC(C)(C)C)c3ccccc3)c2)n(C)n1. The molecule has 3 aromatic rings. The highest BCUT2D eigenvalue weighted by Gasteiger charge is 2.22. The topological polar surface area (TPSA) is 91.7 Å². The van der Waals surface area contributed by atoms with E-state index >= 15 is 0 Å². The molecular weight excluding hydrogens is 422 g/mol. The number of nitrogens with zero attached hydrogens (tertiary/aromatic N) is 2. The number of aryl methyl sites for hydroxylation is 1. The van der Waals surface area contributed by atoms with Crippen molar-refractivity contribution in [3.8, 4) is 5.75 Å². The van der Waals surface area contributed by atoms with Gasteiger partial charge in [0.15, 0.2) is 5.69 Å². The summed E-state index contributed by atoms with van der Waals surface area (Å²) in [5, 5.41) is 7.10. The van der Waals surface area contributed by atoms with Crippen molar-refractivity contribution in [3.05, 3.63) is 83.2 Å². The van der Waals surface area contributed by atoms with Crippen LogP contribution in [0.1, 0.15) is 54.1 Å². The molecule has 1 heterocycles. The van der Waals surface area contributed by atoms with Crippen molar-refractivity contribution >= 4 is 12.1 Å². The maximum Gasteiger partial charge on any atom is 0.408 e. The molecule has 3 rings (SSSR count). The minimum Gasteiger partial charge on any atom is -0.487 e. The van der Waals surface area contributed by atoms with Crippen molar-refractivity contribution in [1.29, 1.82) is 0 Å². The van der Waals surface area contributed by atoms with Crippen LogP contribution in [0.3, 0.4) is 0 Å². The molecule has 33 heavy (non-hydrogen) atoms. The number of carbonyl (C=O) groups is 2. The first-order chi connectivity index (χ1) is 15.7. The smallest absolute Gasteiger partial charge is 0.408 e. The second-order valence-corrected chi connectivity index (χ2v) is 8.49. The molecule has 0 radical (unpaired) electrons. The summed E-state index contributed by atoms with van der Waals surface area (Å²) in [7, 11) is 3.05. The number of aromatic nitrogens is 2. The van der Waals surface area contributed by atoms with E-state index in [1.54, 1.807) is 17.8 Å². The van der Waals surface area contributed by atoms with Crippen LogP contribution >= 0.6 is 0 Å². The normalized spacial score (nSPS) is 12.0. The largest absolute Gasteiger partial charge is 0.487 e. The van der Waals surface area contributed by atoms with Gasteiger partial charge in [0, 0.05) is 7.05 Å². The summed E-state index contributed by atoms with van der Waals surface area (Å²) in [5.74, 6) is 0.109. The molecule has 0 fully saturated rings. The summed E-state index contributed by atoms with van der Waals surface area (Å²) in [6.45, 7) is 5.67. The number of alkyl carbamates (subject to hydrolysis) is 1. The summed E-state index contributed by atoms with van der Waals surface area (Å²) >= 11 is 0. The minimum atomic E-state index is -0.609. The summed E-state index contributed by atoms with van der Waals surface area (Å²) < 4.78 is 17.7. The zero-order valence-corrected chi connectivity index (χ0v) is 19.5. The Morgan fingerprint density at radius 2 is 1.73 bits per heavy atom. The van der Waals surface area contributed by atoms with Crippen molar-refractivity contribution in [2.24, 2.45) is 7.05 Å². The molecule has 1 N–H and O–H groups in total. The third-order valence-electron chi connectivity index (χ3n) is 4.74. The first kappa shape index (κ1) is 23.8. The highest BCUT2D eigenvalue weighted by atomic mass is 16.6. The number of amides is 1. The van der Waals surface area contributed by atoms with Gasteiger partial charge in [0.2, 0.25) is 0 Å². The Kier molecular flexibility index (Phi) is 7.37. The van der Waals surface area contributed by atoms with Crippen molar-refractivity contribution < 1.29 is 23.8 Å². The van der Waals surface area contributed by atoms with E-state index < -0.39 is 23.7 Å². The number of ether oxygens (including phenoxy) is 3. The molecule has 174 valence electrons. The Hall–Kier alpha value is -3.81. The lowest BCUT2D eigenvalue weighted by molar-refractivity contribution is 0.0511. The number of esters is 1. The van der Waals surface area contributed by atoms with Crippen LogP contribution < -0.4 is 10.1 Å². The number of hydrogen-bond acceptors (Lipinski definition) is 6. The molecule has 8 nitrogen and oxygen atoms in total. The predicted molar refractivity (Wildman–Crippen MR) is 123 cm³/mol. The Bertz CT molecular complexity index is 1100. The van der Waals surface area contributed by atoms with E-state index in [1.165, 1.54) is 7.11 Å². The van der Waals surface area contributed by atoms with Gasteiger partial charge in [-0.1, -0.05) is 42.5 Å². The van der Waals surface area contributed by atoms with Crippen LogP contribution in [0.15, 0.2) is 60.7 Å². The second kappa shape index (κ2) is 10.2. The van der Waals surface area contributed by atoms with Gasteiger partial charge in [0.25, 0.3) is 0 Å². The van der Waals surface area contributed by atoms with Crippen LogP contribution in [-0.2, 0) is 23.1 Å². The predicted octanol–water partition coefficient (Wildman–Crippen LogP) is 4.40. The van der Waals surface area contributed by atoms with Gasteiger partial charge >= 0.3 is 12.1 Å². The molecule has 0 spiro atoms. The monoisotopic (exact) mass is 451 g/mol. The molecule has 0 unspecified atom stereocenters. The number of methoxy groups -OCH3 is 1. The summed E-state index contributed by atoms with van der Waals surface area (Å²) in [6, 6.07) is 18.3. The van der Waals surface area contributed by atoms with Gasteiger partial charge in [-0.05, 0) is 50.1 Å². The zero-order chi connectivity index (χ0) is 24.0. The van der Waals surface area contributed by atoms with Crippen LogP contribution in [0, 0.1) is 0 Å². The van der Waals surface area contributed by atoms with Gasteiger partial charge in [-0.15, -0.1) is 0 Å². The van der Waals surface area contributed by atoms with Gasteiger partial charge < -0.3 is 19.5 Å². The lowest BCUT2D eigenvalue weighted by atomic mass is 9.98. The number of nitrogens with one attached hydrogen (secondary N) is 1. The van der Waals surface area contributed by atoms with Crippen molar-refractivity contribution in [2.75, 3.05) is 7.11 Å². The van der Waals surface area contributed by atoms with E-state index in [1.807, 2.05) is 75.4 Å². The van der Waals surface area contributed by atoms with E-state index in [9.17, 15) is 9.59 Å². The molecule has 0 saturated heterocycles. The van der Waals surface area contributed by atoms with E-state index in [0.717, 1.165) is 11.1 Å². The molecule has 0 bridgehead atoms. The lowest BCUT2D eigenvalue weighted by Gasteiger charge is -2.24. The Balaban J connectivity index is 1.80.